The van der Waals surface area contributed by atoms with E-state index in [2.05, 4.69) is 20.2 Å². The van der Waals surface area contributed by atoms with Crippen molar-refractivity contribution in [1.29, 1.82) is 0 Å². The Morgan fingerprint density at radius 3 is 2.90 bits per heavy atom. The molecule has 3 saturated heterocycles. The SMILES string of the molecule is O=C(N[C@@H]1CC2CCN(CC2)C1)c1ncc(O)c(Cl)n1. The summed E-state index contributed by atoms with van der Waals surface area (Å²) in [7, 11) is 0. The minimum absolute atomic E-state index is 0.000561. The molecule has 108 valence electrons. The first-order valence-corrected chi connectivity index (χ1v) is 7.24. The molecular weight excluding hydrogens is 280 g/mol. The lowest BCUT2D eigenvalue weighted by molar-refractivity contribution is 0.0918. The van der Waals surface area contributed by atoms with E-state index in [1.165, 1.54) is 12.8 Å². The highest BCUT2D eigenvalue weighted by Gasteiger charge is 2.30. The second-order valence-corrected chi connectivity index (χ2v) is 5.88. The summed E-state index contributed by atoms with van der Waals surface area (Å²) in [6.45, 7) is 3.13. The van der Waals surface area contributed by atoms with Crippen LogP contribution in [0.4, 0.5) is 0 Å². The Morgan fingerprint density at radius 1 is 1.45 bits per heavy atom. The lowest BCUT2D eigenvalue weighted by atomic mass is 9.94. The first-order chi connectivity index (χ1) is 9.61. The molecule has 6 nitrogen and oxygen atoms in total. The molecule has 1 atom stereocenters. The van der Waals surface area contributed by atoms with Gasteiger partial charge in [-0.05, 0) is 38.3 Å². The van der Waals surface area contributed by atoms with E-state index in [0.29, 0.717) is 5.92 Å². The Hall–Kier alpha value is -1.40. The number of aromatic nitrogens is 2. The number of nitrogens with one attached hydrogen (secondary N) is 1. The summed E-state index contributed by atoms with van der Waals surface area (Å²) >= 11 is 5.69. The average molecular weight is 297 g/mol. The van der Waals surface area contributed by atoms with Crippen LogP contribution in [0.5, 0.6) is 5.75 Å². The maximum absolute atomic E-state index is 12.1. The summed E-state index contributed by atoms with van der Waals surface area (Å²) in [6.07, 6.45) is 4.58. The number of aromatic hydroxyl groups is 1. The van der Waals surface area contributed by atoms with Crippen molar-refractivity contribution in [3.63, 3.8) is 0 Å². The van der Waals surface area contributed by atoms with Gasteiger partial charge in [0.1, 0.15) is 0 Å². The molecule has 0 saturated carbocycles. The fraction of sp³-hybridized carbons (Fsp3) is 0.615. The molecule has 0 aliphatic carbocycles. The second-order valence-electron chi connectivity index (χ2n) is 5.52. The summed E-state index contributed by atoms with van der Waals surface area (Å²) in [6, 6.07) is 0.133. The maximum Gasteiger partial charge on any atom is 0.289 e. The van der Waals surface area contributed by atoms with Crippen LogP contribution in [0.2, 0.25) is 5.15 Å². The number of carbonyl (C=O) groups is 1. The van der Waals surface area contributed by atoms with Crippen LogP contribution in [0.25, 0.3) is 0 Å². The van der Waals surface area contributed by atoms with Crippen LogP contribution >= 0.6 is 11.6 Å². The van der Waals surface area contributed by atoms with Gasteiger partial charge in [-0.2, -0.15) is 0 Å². The van der Waals surface area contributed by atoms with E-state index in [1.807, 2.05) is 0 Å². The number of halogens is 1. The van der Waals surface area contributed by atoms with Gasteiger partial charge in [0.15, 0.2) is 10.9 Å². The lowest BCUT2D eigenvalue weighted by Gasteiger charge is -2.26. The normalized spacial score (nSPS) is 28.9. The molecule has 7 heteroatoms. The monoisotopic (exact) mass is 296 g/mol. The third kappa shape index (κ3) is 2.86. The highest BCUT2D eigenvalue weighted by molar-refractivity contribution is 6.30. The zero-order chi connectivity index (χ0) is 14.1. The molecule has 0 aromatic carbocycles. The molecule has 1 amide bonds. The van der Waals surface area contributed by atoms with E-state index >= 15 is 0 Å². The van der Waals surface area contributed by atoms with Crippen LogP contribution in [0, 0.1) is 5.92 Å². The minimum Gasteiger partial charge on any atom is -0.504 e. The van der Waals surface area contributed by atoms with Gasteiger partial charge >= 0.3 is 0 Å². The van der Waals surface area contributed by atoms with Crippen molar-refractivity contribution >= 4 is 17.5 Å². The Balaban J connectivity index is 1.67. The maximum atomic E-state index is 12.1. The first-order valence-electron chi connectivity index (χ1n) is 6.86. The summed E-state index contributed by atoms with van der Waals surface area (Å²) in [5.74, 6) is 0.143. The van der Waals surface area contributed by atoms with Crippen LogP contribution in [0.1, 0.15) is 29.9 Å². The minimum atomic E-state index is -0.334. The topological polar surface area (TPSA) is 78.4 Å². The summed E-state index contributed by atoms with van der Waals surface area (Å²) < 4.78 is 0. The lowest BCUT2D eigenvalue weighted by Crippen LogP contribution is -2.42. The number of hydrogen-bond donors (Lipinski definition) is 2. The molecule has 1 aromatic rings. The van der Waals surface area contributed by atoms with Gasteiger partial charge in [-0.25, -0.2) is 9.97 Å². The smallest absolute Gasteiger partial charge is 0.289 e. The second kappa shape index (κ2) is 5.54. The third-order valence-corrected chi connectivity index (χ3v) is 4.34. The molecule has 0 spiro atoms. The van der Waals surface area contributed by atoms with Crippen molar-refractivity contribution in [2.45, 2.75) is 25.3 Å². The van der Waals surface area contributed by atoms with Crippen LogP contribution in [-0.4, -0.2) is 51.6 Å². The fourth-order valence-corrected chi connectivity index (χ4v) is 3.14. The largest absolute Gasteiger partial charge is 0.504 e. The molecule has 4 heterocycles. The number of hydrogen-bond acceptors (Lipinski definition) is 5. The van der Waals surface area contributed by atoms with Crippen LogP contribution in [-0.2, 0) is 0 Å². The Bertz CT molecular complexity index is 503. The van der Waals surface area contributed by atoms with Crippen molar-refractivity contribution in [3.05, 3.63) is 17.2 Å². The highest BCUT2D eigenvalue weighted by atomic mass is 35.5. The van der Waals surface area contributed by atoms with E-state index < -0.39 is 0 Å². The molecule has 3 fully saturated rings. The number of carbonyl (C=O) groups excluding carboxylic acids is 1. The zero-order valence-corrected chi connectivity index (χ0v) is 11.8. The molecule has 2 bridgehead atoms. The van der Waals surface area contributed by atoms with E-state index in [1.54, 1.807) is 0 Å². The quantitative estimate of drug-likeness (QED) is 0.798. The van der Waals surface area contributed by atoms with Gasteiger partial charge in [-0.3, -0.25) is 4.79 Å². The van der Waals surface area contributed by atoms with Gasteiger partial charge in [0.2, 0.25) is 5.82 Å². The van der Waals surface area contributed by atoms with Crippen molar-refractivity contribution in [2.24, 2.45) is 5.92 Å². The predicted octanol–water partition coefficient (Wildman–Crippen LogP) is 1.05. The van der Waals surface area contributed by atoms with E-state index in [4.69, 9.17) is 11.6 Å². The highest BCUT2D eigenvalue weighted by Crippen LogP contribution is 2.26. The average Bonchev–Trinajstić information content (AvgIpc) is 2.74. The molecule has 0 unspecified atom stereocenters. The van der Waals surface area contributed by atoms with Crippen LogP contribution in [0.3, 0.4) is 0 Å². The molecule has 2 N–H and O–H groups in total. The Kier molecular flexibility index (Phi) is 3.76. The van der Waals surface area contributed by atoms with Crippen molar-refractivity contribution in [2.75, 3.05) is 19.6 Å². The molecule has 3 aliphatic rings. The van der Waals surface area contributed by atoms with Crippen LogP contribution < -0.4 is 5.32 Å². The summed E-state index contributed by atoms with van der Waals surface area (Å²) in [4.78, 5) is 22.1. The van der Waals surface area contributed by atoms with E-state index in [9.17, 15) is 9.90 Å². The van der Waals surface area contributed by atoms with Gasteiger partial charge < -0.3 is 15.3 Å². The zero-order valence-electron chi connectivity index (χ0n) is 11.0. The fourth-order valence-electron chi connectivity index (χ4n) is 3.01. The van der Waals surface area contributed by atoms with Crippen molar-refractivity contribution in [3.8, 4) is 5.75 Å². The first kappa shape index (κ1) is 13.6. The van der Waals surface area contributed by atoms with Gasteiger partial charge in [0.25, 0.3) is 5.91 Å². The summed E-state index contributed by atoms with van der Waals surface area (Å²) in [5.41, 5.74) is 0. The number of nitrogens with zero attached hydrogens (tertiary/aromatic N) is 3. The Morgan fingerprint density at radius 2 is 2.20 bits per heavy atom. The molecule has 3 aliphatic heterocycles. The number of fused-ring (bicyclic) bond motifs is 4. The standard InChI is InChI=1S/C13H17ClN4O2/c14-11-10(19)6-15-12(17-11)13(20)16-9-5-8-1-3-18(7-9)4-2-8/h6,8-9,19H,1-5,7H2,(H,16,20)/t9-/m1/s1. The van der Waals surface area contributed by atoms with Gasteiger partial charge in [-0.1, -0.05) is 11.6 Å². The van der Waals surface area contributed by atoms with E-state index in [-0.39, 0.29) is 28.7 Å². The molecule has 0 radical (unpaired) electrons. The van der Waals surface area contributed by atoms with E-state index in [0.717, 1.165) is 32.3 Å². The summed E-state index contributed by atoms with van der Waals surface area (Å²) in [5, 5.41) is 12.1. The van der Waals surface area contributed by atoms with Crippen molar-refractivity contribution in [1.82, 2.24) is 20.2 Å². The number of rotatable bonds is 2. The predicted molar refractivity (Wildman–Crippen MR) is 73.7 cm³/mol. The van der Waals surface area contributed by atoms with Crippen molar-refractivity contribution < 1.29 is 9.90 Å². The molecular formula is C13H17ClN4O2. The molecule has 1 aromatic heterocycles. The van der Waals surface area contributed by atoms with Gasteiger partial charge in [0, 0.05) is 12.6 Å². The van der Waals surface area contributed by atoms with Gasteiger partial charge in [-0.15, -0.1) is 0 Å². The third-order valence-electron chi connectivity index (χ3n) is 4.07. The molecule has 4 rings (SSSR count). The Labute approximate surface area is 122 Å². The number of piperidine rings is 1. The van der Waals surface area contributed by atoms with Gasteiger partial charge in [0.05, 0.1) is 6.20 Å². The number of amides is 1. The van der Waals surface area contributed by atoms with Crippen LogP contribution in [0.15, 0.2) is 6.20 Å². The molecule has 20 heavy (non-hydrogen) atoms.